The van der Waals surface area contributed by atoms with Gasteiger partial charge in [-0.2, -0.15) is 4.98 Å². The van der Waals surface area contributed by atoms with E-state index in [0.717, 1.165) is 11.1 Å². The lowest BCUT2D eigenvalue weighted by Gasteiger charge is -2.07. The van der Waals surface area contributed by atoms with Crippen LogP contribution in [-0.4, -0.2) is 9.55 Å². The van der Waals surface area contributed by atoms with E-state index in [9.17, 15) is 0 Å². The molecule has 0 atom stereocenters. The average Bonchev–Trinajstić information content (AvgIpc) is 2.81. The van der Waals surface area contributed by atoms with Gasteiger partial charge in [0.1, 0.15) is 10.2 Å². The van der Waals surface area contributed by atoms with Crippen LogP contribution in [0.15, 0.2) is 40.9 Å². The zero-order valence-corrected chi connectivity index (χ0v) is 11.4. The van der Waals surface area contributed by atoms with Gasteiger partial charge < -0.3 is 13.7 Å². The normalized spacial score (nSPS) is 10.8. The van der Waals surface area contributed by atoms with Gasteiger partial charge in [-0.05, 0) is 30.7 Å². The molecule has 0 spiro atoms. The van der Waals surface area contributed by atoms with Gasteiger partial charge in [-0.25, -0.2) is 0 Å². The molecule has 5 heteroatoms. The Balaban J connectivity index is 2.06. The molecule has 2 heterocycles. The molecule has 19 heavy (non-hydrogen) atoms. The fraction of sp³-hybridized carbons (Fsp3) is 0.143. The molecule has 0 aliphatic rings. The predicted molar refractivity (Wildman–Crippen MR) is 75.1 cm³/mol. The van der Waals surface area contributed by atoms with Gasteiger partial charge in [-0.3, -0.25) is 0 Å². The highest BCUT2D eigenvalue weighted by molar-refractivity contribution is 7.71. The van der Waals surface area contributed by atoms with E-state index in [1.807, 2.05) is 55.1 Å². The van der Waals surface area contributed by atoms with Crippen LogP contribution in [0.5, 0.6) is 11.8 Å². The summed E-state index contributed by atoms with van der Waals surface area (Å²) in [7, 11) is 1.88. The zero-order valence-electron chi connectivity index (χ0n) is 10.6. The molecular formula is C14H12N2O2S. The first-order valence-electron chi connectivity index (χ1n) is 5.85. The van der Waals surface area contributed by atoms with Crippen LogP contribution in [0.4, 0.5) is 0 Å². The molecule has 0 N–H and O–H groups in total. The molecule has 0 fully saturated rings. The molecule has 0 amide bonds. The lowest BCUT2D eigenvalue weighted by Crippen LogP contribution is -1.97. The summed E-state index contributed by atoms with van der Waals surface area (Å²) in [6, 6.07) is 9.46. The number of nitrogens with zero attached hydrogens (tertiary/aromatic N) is 2. The van der Waals surface area contributed by atoms with Crippen LogP contribution >= 0.6 is 12.2 Å². The molecule has 0 bridgehead atoms. The van der Waals surface area contributed by atoms with Crippen molar-refractivity contribution in [3.05, 3.63) is 46.7 Å². The standard InChI is InChI=1S/C14H12N2O2S/c1-9-7-8-16(2)13(19)12(9)18-14-15-10-5-3-4-6-11(10)17-14/h3-8H,1-2H3. The zero-order chi connectivity index (χ0) is 13.4. The summed E-state index contributed by atoms with van der Waals surface area (Å²) in [6.07, 6.45) is 2.11. The van der Waals surface area contributed by atoms with Gasteiger partial charge in [0.05, 0.1) is 0 Å². The van der Waals surface area contributed by atoms with E-state index in [4.69, 9.17) is 21.4 Å². The van der Waals surface area contributed by atoms with Crippen LogP contribution in [0.2, 0.25) is 0 Å². The fourth-order valence-electron chi connectivity index (χ4n) is 1.80. The third-order valence-electron chi connectivity index (χ3n) is 2.88. The molecule has 4 nitrogen and oxygen atoms in total. The average molecular weight is 272 g/mol. The van der Waals surface area contributed by atoms with Gasteiger partial charge >= 0.3 is 6.08 Å². The summed E-state index contributed by atoms with van der Waals surface area (Å²) >= 11 is 5.33. The van der Waals surface area contributed by atoms with Crippen LogP contribution in [0, 0.1) is 11.6 Å². The summed E-state index contributed by atoms with van der Waals surface area (Å²) < 4.78 is 13.7. The Morgan fingerprint density at radius 1 is 1.26 bits per heavy atom. The Kier molecular flexibility index (Phi) is 2.83. The van der Waals surface area contributed by atoms with E-state index in [2.05, 4.69) is 4.98 Å². The highest BCUT2D eigenvalue weighted by Gasteiger charge is 2.11. The first-order valence-corrected chi connectivity index (χ1v) is 6.25. The Bertz CT molecular complexity index is 772. The molecule has 1 aromatic carbocycles. The summed E-state index contributed by atoms with van der Waals surface area (Å²) in [4.78, 5) is 4.28. The minimum Gasteiger partial charge on any atom is -0.409 e. The predicted octanol–water partition coefficient (Wildman–Crippen LogP) is 4.00. The first kappa shape index (κ1) is 11.9. The number of rotatable bonds is 2. The van der Waals surface area contributed by atoms with Crippen molar-refractivity contribution in [2.24, 2.45) is 7.05 Å². The molecule has 0 saturated heterocycles. The van der Waals surface area contributed by atoms with E-state index in [1.54, 1.807) is 0 Å². The number of ether oxygens (including phenoxy) is 1. The molecular weight excluding hydrogens is 260 g/mol. The first-order chi connectivity index (χ1) is 9.15. The van der Waals surface area contributed by atoms with Crippen molar-refractivity contribution in [1.82, 2.24) is 9.55 Å². The molecule has 0 unspecified atom stereocenters. The fourth-order valence-corrected chi connectivity index (χ4v) is 2.07. The number of oxazole rings is 1. The Labute approximate surface area is 115 Å². The summed E-state index contributed by atoms with van der Waals surface area (Å²) in [5.74, 6) is 0.603. The smallest absolute Gasteiger partial charge is 0.400 e. The maximum absolute atomic E-state index is 5.70. The van der Waals surface area contributed by atoms with Crippen LogP contribution in [0.1, 0.15) is 5.56 Å². The van der Waals surface area contributed by atoms with E-state index < -0.39 is 0 Å². The molecule has 0 aliphatic heterocycles. The Morgan fingerprint density at radius 2 is 2.05 bits per heavy atom. The van der Waals surface area contributed by atoms with Crippen molar-refractivity contribution in [2.45, 2.75) is 6.92 Å². The number of benzene rings is 1. The summed E-state index contributed by atoms with van der Waals surface area (Å²) in [5, 5.41) is 0. The van der Waals surface area contributed by atoms with E-state index in [-0.39, 0.29) is 6.08 Å². The minimum absolute atomic E-state index is 0.210. The largest absolute Gasteiger partial charge is 0.409 e. The second-order valence-corrected chi connectivity index (χ2v) is 4.68. The van der Waals surface area contributed by atoms with Crippen molar-refractivity contribution in [3.63, 3.8) is 0 Å². The SMILES string of the molecule is Cc1ccn(C)c(=S)c1Oc1nc2ccccc2o1. The van der Waals surface area contributed by atoms with Gasteiger partial charge in [0.2, 0.25) is 0 Å². The summed E-state index contributed by atoms with van der Waals surface area (Å²) in [6.45, 7) is 1.94. The number of para-hydroxylation sites is 2. The maximum atomic E-state index is 5.70. The maximum Gasteiger partial charge on any atom is 0.400 e. The number of hydrogen-bond acceptors (Lipinski definition) is 4. The van der Waals surface area contributed by atoms with E-state index >= 15 is 0 Å². The summed E-state index contributed by atoms with van der Waals surface area (Å²) in [5.41, 5.74) is 2.41. The third-order valence-corrected chi connectivity index (χ3v) is 3.36. The Hall–Kier alpha value is -2.14. The van der Waals surface area contributed by atoms with E-state index in [0.29, 0.717) is 16.0 Å². The van der Waals surface area contributed by atoms with Crippen LogP contribution in [-0.2, 0) is 7.05 Å². The van der Waals surface area contributed by atoms with Crippen LogP contribution in [0.25, 0.3) is 11.1 Å². The quantitative estimate of drug-likeness (QED) is 0.661. The van der Waals surface area contributed by atoms with Crippen molar-refractivity contribution < 1.29 is 9.15 Å². The minimum atomic E-state index is 0.210. The number of pyridine rings is 1. The molecule has 0 saturated carbocycles. The molecule has 2 aromatic heterocycles. The monoisotopic (exact) mass is 272 g/mol. The van der Waals surface area contributed by atoms with Gasteiger partial charge in [0.15, 0.2) is 11.3 Å². The highest BCUT2D eigenvalue weighted by atomic mass is 32.1. The van der Waals surface area contributed by atoms with Crippen molar-refractivity contribution in [2.75, 3.05) is 0 Å². The lowest BCUT2D eigenvalue weighted by atomic mass is 10.3. The molecule has 3 rings (SSSR count). The third kappa shape index (κ3) is 2.13. The lowest BCUT2D eigenvalue weighted by molar-refractivity contribution is 0.338. The number of fused-ring (bicyclic) bond motifs is 1. The van der Waals surface area contributed by atoms with Crippen molar-refractivity contribution in [1.29, 1.82) is 0 Å². The van der Waals surface area contributed by atoms with Crippen LogP contribution in [0.3, 0.4) is 0 Å². The van der Waals surface area contributed by atoms with Gasteiger partial charge in [-0.1, -0.05) is 24.4 Å². The number of hydrogen-bond donors (Lipinski definition) is 0. The molecule has 0 aliphatic carbocycles. The van der Waals surface area contributed by atoms with Gasteiger partial charge in [0, 0.05) is 13.2 Å². The van der Waals surface area contributed by atoms with Crippen molar-refractivity contribution >= 4 is 23.3 Å². The number of aryl methyl sites for hydroxylation is 2. The van der Waals surface area contributed by atoms with Crippen LogP contribution < -0.4 is 4.74 Å². The molecule has 0 radical (unpaired) electrons. The molecule has 3 aromatic rings. The second-order valence-electron chi connectivity index (χ2n) is 4.29. The number of aromatic nitrogens is 2. The highest BCUT2D eigenvalue weighted by Crippen LogP contribution is 2.28. The second kappa shape index (κ2) is 4.51. The van der Waals surface area contributed by atoms with Gasteiger partial charge in [-0.15, -0.1) is 0 Å². The molecule has 96 valence electrons. The van der Waals surface area contributed by atoms with Crippen molar-refractivity contribution in [3.8, 4) is 11.8 Å². The topological polar surface area (TPSA) is 40.2 Å². The van der Waals surface area contributed by atoms with E-state index in [1.165, 1.54) is 0 Å². The Morgan fingerprint density at radius 3 is 2.84 bits per heavy atom. The van der Waals surface area contributed by atoms with Gasteiger partial charge in [0.25, 0.3) is 0 Å².